The van der Waals surface area contributed by atoms with Crippen LogP contribution in [0.25, 0.3) is 0 Å². The molecule has 0 aromatic rings. The van der Waals surface area contributed by atoms with Crippen LogP contribution >= 0.6 is 0 Å². The first kappa shape index (κ1) is 10.2. The van der Waals surface area contributed by atoms with Crippen molar-refractivity contribution in [2.75, 3.05) is 13.1 Å². The van der Waals surface area contributed by atoms with Crippen LogP contribution in [-0.2, 0) is 0 Å². The van der Waals surface area contributed by atoms with Gasteiger partial charge in [-0.25, -0.2) is 0 Å². The van der Waals surface area contributed by atoms with E-state index in [2.05, 4.69) is 5.32 Å². The molecule has 0 spiro atoms. The molecule has 1 fully saturated rings. The molecular formula is C4H15NOSi. The van der Waals surface area contributed by atoms with Gasteiger partial charge in [0, 0.05) is 0 Å². The highest BCUT2D eigenvalue weighted by atomic mass is 28.1. The first-order chi connectivity index (χ1) is 2.50. The first-order valence-electron chi connectivity index (χ1n) is 2.21. The summed E-state index contributed by atoms with van der Waals surface area (Å²) in [6.45, 7) is 2.50. The summed E-state index contributed by atoms with van der Waals surface area (Å²) in [4.78, 5) is 0. The molecule has 1 aliphatic rings. The molecular weight excluding hydrogens is 106 g/mol. The maximum atomic E-state index is 3.22. The summed E-state index contributed by atoms with van der Waals surface area (Å²) >= 11 is 0. The van der Waals surface area contributed by atoms with Gasteiger partial charge in [-0.05, 0) is 36.9 Å². The Hall–Kier alpha value is 0.137. The highest BCUT2D eigenvalue weighted by Crippen LogP contribution is 1.90. The molecule has 1 saturated heterocycles. The van der Waals surface area contributed by atoms with Crippen LogP contribution < -0.4 is 5.32 Å². The van der Waals surface area contributed by atoms with E-state index in [0.29, 0.717) is 0 Å². The van der Waals surface area contributed by atoms with Gasteiger partial charge in [0.05, 0.1) is 0 Å². The average molecular weight is 121 g/mol. The Balaban J connectivity index is 0. The number of hydrogen-bond acceptors (Lipinski definition) is 1. The minimum atomic E-state index is 0. The standard InChI is InChI=1S/C4H9N.H2O.H4Si/c1-2-4-5-3-1;;/h5H,1-4H2;1H2;1H4. The summed E-state index contributed by atoms with van der Waals surface area (Å²) in [5, 5.41) is 3.22. The van der Waals surface area contributed by atoms with Crippen molar-refractivity contribution in [2.45, 2.75) is 12.8 Å². The zero-order valence-corrected chi connectivity index (χ0v) is 3.83. The topological polar surface area (TPSA) is 43.5 Å². The van der Waals surface area contributed by atoms with E-state index in [1.807, 2.05) is 0 Å². The Labute approximate surface area is 48.6 Å². The number of hydrogen-bond donors (Lipinski definition) is 1. The monoisotopic (exact) mass is 121 g/mol. The maximum Gasteiger partial charge on any atom is -0.00484 e. The van der Waals surface area contributed by atoms with Crippen molar-refractivity contribution in [3.05, 3.63) is 0 Å². The van der Waals surface area contributed by atoms with Crippen molar-refractivity contribution in [1.29, 1.82) is 0 Å². The average Bonchev–Trinajstić information content (AvgIpc) is 1.76. The van der Waals surface area contributed by atoms with Crippen LogP contribution in [0.15, 0.2) is 0 Å². The first-order valence-corrected chi connectivity index (χ1v) is 2.21. The van der Waals surface area contributed by atoms with Crippen LogP contribution in [0.1, 0.15) is 12.8 Å². The molecule has 7 heavy (non-hydrogen) atoms. The van der Waals surface area contributed by atoms with Gasteiger partial charge < -0.3 is 10.8 Å². The van der Waals surface area contributed by atoms with Crippen molar-refractivity contribution in [1.82, 2.24) is 5.32 Å². The van der Waals surface area contributed by atoms with Crippen LogP contribution in [-0.4, -0.2) is 29.5 Å². The zero-order valence-electron chi connectivity index (χ0n) is 3.83. The Bertz CT molecular complexity index is 23.3. The van der Waals surface area contributed by atoms with Crippen LogP contribution in [0.5, 0.6) is 0 Å². The summed E-state index contributed by atoms with van der Waals surface area (Å²) in [6, 6.07) is 0. The van der Waals surface area contributed by atoms with Crippen molar-refractivity contribution in [2.24, 2.45) is 0 Å². The van der Waals surface area contributed by atoms with Crippen LogP contribution in [0.2, 0.25) is 0 Å². The molecule has 0 saturated carbocycles. The molecule has 1 heterocycles. The van der Waals surface area contributed by atoms with Gasteiger partial charge in [-0.2, -0.15) is 0 Å². The second-order valence-corrected chi connectivity index (χ2v) is 1.46. The van der Waals surface area contributed by atoms with Gasteiger partial charge in [-0.3, -0.25) is 0 Å². The molecule has 0 aliphatic carbocycles. The van der Waals surface area contributed by atoms with E-state index in [-0.39, 0.29) is 16.4 Å². The summed E-state index contributed by atoms with van der Waals surface area (Å²) in [6.07, 6.45) is 2.78. The molecule has 0 amide bonds. The van der Waals surface area contributed by atoms with E-state index in [1.165, 1.54) is 25.9 Å². The summed E-state index contributed by atoms with van der Waals surface area (Å²) in [7, 11) is 0. The molecule has 1 aliphatic heterocycles. The predicted molar refractivity (Wildman–Crippen MR) is 37.1 cm³/mol. The third-order valence-corrected chi connectivity index (χ3v) is 0.957. The molecule has 0 aromatic carbocycles. The molecule has 46 valence electrons. The predicted octanol–water partition coefficient (Wildman–Crippen LogP) is -1.91. The van der Waals surface area contributed by atoms with Gasteiger partial charge in [0.25, 0.3) is 0 Å². The van der Waals surface area contributed by atoms with Crippen LogP contribution in [0.4, 0.5) is 0 Å². The fourth-order valence-electron chi connectivity index (χ4n) is 0.625. The lowest BCUT2D eigenvalue weighted by Gasteiger charge is -1.76. The highest BCUT2D eigenvalue weighted by Gasteiger charge is 1.93. The molecule has 1 rings (SSSR count). The van der Waals surface area contributed by atoms with Gasteiger partial charge in [0.1, 0.15) is 0 Å². The Morgan fingerprint density at radius 1 is 1.00 bits per heavy atom. The molecule has 0 atom stereocenters. The van der Waals surface area contributed by atoms with Gasteiger partial charge in [-0.15, -0.1) is 0 Å². The Kier molecular flexibility index (Phi) is 8.93. The lowest BCUT2D eigenvalue weighted by Crippen LogP contribution is -2.03. The Morgan fingerprint density at radius 2 is 1.43 bits per heavy atom. The fraction of sp³-hybridized carbons (Fsp3) is 1.00. The van der Waals surface area contributed by atoms with E-state index in [0.717, 1.165) is 0 Å². The normalized spacial score (nSPS) is 17.1. The van der Waals surface area contributed by atoms with Gasteiger partial charge in [-0.1, -0.05) is 0 Å². The second kappa shape index (κ2) is 6.14. The quantitative estimate of drug-likeness (QED) is 0.374. The molecule has 0 unspecified atom stereocenters. The minimum absolute atomic E-state index is 0. The lowest BCUT2D eigenvalue weighted by molar-refractivity contribution is 0.824. The van der Waals surface area contributed by atoms with E-state index >= 15 is 0 Å². The third-order valence-electron chi connectivity index (χ3n) is 0.957. The van der Waals surface area contributed by atoms with Crippen molar-refractivity contribution >= 4 is 11.0 Å². The largest absolute Gasteiger partial charge is 0.412 e. The van der Waals surface area contributed by atoms with E-state index in [1.54, 1.807) is 0 Å². The van der Waals surface area contributed by atoms with E-state index < -0.39 is 0 Å². The molecule has 2 nitrogen and oxygen atoms in total. The van der Waals surface area contributed by atoms with E-state index in [4.69, 9.17) is 0 Å². The molecule has 0 bridgehead atoms. The van der Waals surface area contributed by atoms with E-state index in [9.17, 15) is 0 Å². The molecule has 0 aromatic heterocycles. The fourth-order valence-corrected chi connectivity index (χ4v) is 0.625. The molecule has 3 N–H and O–H groups in total. The number of rotatable bonds is 0. The molecule has 0 radical (unpaired) electrons. The van der Waals surface area contributed by atoms with Gasteiger partial charge >= 0.3 is 0 Å². The maximum absolute atomic E-state index is 3.22. The summed E-state index contributed by atoms with van der Waals surface area (Å²) < 4.78 is 0. The molecule has 3 heteroatoms. The van der Waals surface area contributed by atoms with Crippen molar-refractivity contribution in [3.8, 4) is 0 Å². The van der Waals surface area contributed by atoms with Crippen LogP contribution in [0, 0.1) is 0 Å². The zero-order chi connectivity index (χ0) is 3.54. The highest BCUT2D eigenvalue weighted by molar-refractivity contribution is 5.75. The van der Waals surface area contributed by atoms with Crippen molar-refractivity contribution in [3.63, 3.8) is 0 Å². The summed E-state index contributed by atoms with van der Waals surface area (Å²) in [5.74, 6) is 0. The van der Waals surface area contributed by atoms with Crippen LogP contribution in [0.3, 0.4) is 0 Å². The number of nitrogens with one attached hydrogen (secondary N) is 1. The lowest BCUT2D eigenvalue weighted by atomic mass is 10.4. The minimum Gasteiger partial charge on any atom is -0.412 e. The summed E-state index contributed by atoms with van der Waals surface area (Å²) in [5.41, 5.74) is 0. The van der Waals surface area contributed by atoms with Gasteiger partial charge in [0.2, 0.25) is 0 Å². The SMILES string of the molecule is C1CCNC1.O.[SiH4]. The van der Waals surface area contributed by atoms with Crippen molar-refractivity contribution < 1.29 is 5.48 Å². The Morgan fingerprint density at radius 3 is 1.57 bits per heavy atom. The van der Waals surface area contributed by atoms with Gasteiger partial charge in [0.15, 0.2) is 0 Å². The third kappa shape index (κ3) is 3.98. The second-order valence-electron chi connectivity index (χ2n) is 1.46. The smallest absolute Gasteiger partial charge is 0.00484 e.